The summed E-state index contributed by atoms with van der Waals surface area (Å²) < 4.78 is 32.5. The van der Waals surface area contributed by atoms with Crippen molar-refractivity contribution in [3.8, 4) is 5.75 Å². The molecule has 8 heteroatoms. The zero-order valence-corrected chi connectivity index (χ0v) is 15.1. The Balaban J connectivity index is 2.30. The molecule has 1 N–H and O–H groups in total. The normalized spacial score (nSPS) is 17.9. The Labute approximate surface area is 138 Å². The standard InChI is InChI=1S/C13H18BrClN2O3S/c1-16-9-3-5-17(6-4-9)21(18,19)13-8-11(15)12(20-2)7-10(13)14/h7-9,16H,3-6H2,1-2H3. The minimum Gasteiger partial charge on any atom is -0.495 e. The van der Waals surface area contributed by atoms with Crippen LogP contribution in [0.4, 0.5) is 0 Å². The molecular formula is C13H18BrClN2O3S. The molecule has 0 aromatic heterocycles. The van der Waals surface area contributed by atoms with Gasteiger partial charge in [0.05, 0.1) is 17.0 Å². The zero-order chi connectivity index (χ0) is 15.6. The van der Waals surface area contributed by atoms with Crippen LogP contribution in [0.25, 0.3) is 0 Å². The third kappa shape index (κ3) is 3.53. The van der Waals surface area contributed by atoms with E-state index in [0.29, 0.717) is 29.4 Å². The lowest BCUT2D eigenvalue weighted by molar-refractivity contribution is 0.298. The number of nitrogens with zero attached hydrogens (tertiary/aromatic N) is 1. The maximum absolute atomic E-state index is 12.7. The maximum atomic E-state index is 12.7. The van der Waals surface area contributed by atoms with Crippen molar-refractivity contribution < 1.29 is 13.2 Å². The van der Waals surface area contributed by atoms with E-state index in [0.717, 1.165) is 12.8 Å². The molecule has 0 spiro atoms. The summed E-state index contributed by atoms with van der Waals surface area (Å²) >= 11 is 9.35. The second-order valence-electron chi connectivity index (χ2n) is 4.88. The number of nitrogens with one attached hydrogen (secondary N) is 1. The molecule has 0 radical (unpaired) electrons. The lowest BCUT2D eigenvalue weighted by Gasteiger charge is -2.31. The molecule has 1 heterocycles. The first-order chi connectivity index (χ1) is 9.90. The molecule has 1 saturated heterocycles. The number of hydrogen-bond acceptors (Lipinski definition) is 4. The molecule has 0 atom stereocenters. The molecule has 0 amide bonds. The number of halogens is 2. The SMILES string of the molecule is CNC1CCN(S(=O)(=O)c2cc(Cl)c(OC)cc2Br)CC1. The average molecular weight is 398 g/mol. The highest BCUT2D eigenvalue weighted by molar-refractivity contribution is 9.10. The molecule has 5 nitrogen and oxygen atoms in total. The third-order valence-electron chi connectivity index (χ3n) is 3.69. The van der Waals surface area contributed by atoms with Crippen molar-refractivity contribution in [1.82, 2.24) is 9.62 Å². The van der Waals surface area contributed by atoms with Crippen LogP contribution in [-0.2, 0) is 10.0 Å². The van der Waals surface area contributed by atoms with Crippen molar-refractivity contribution >= 4 is 37.6 Å². The molecular weight excluding hydrogens is 380 g/mol. The first kappa shape index (κ1) is 17.0. The van der Waals surface area contributed by atoms with Crippen LogP contribution >= 0.6 is 27.5 Å². The largest absolute Gasteiger partial charge is 0.495 e. The number of sulfonamides is 1. The first-order valence-corrected chi connectivity index (χ1v) is 9.21. The Morgan fingerprint density at radius 1 is 1.38 bits per heavy atom. The van der Waals surface area contributed by atoms with Crippen molar-refractivity contribution in [2.75, 3.05) is 27.2 Å². The molecule has 1 aromatic carbocycles. The minimum absolute atomic E-state index is 0.177. The van der Waals surface area contributed by atoms with Crippen LogP contribution < -0.4 is 10.1 Å². The molecule has 1 aromatic rings. The summed E-state index contributed by atoms with van der Waals surface area (Å²) in [6.07, 6.45) is 1.61. The quantitative estimate of drug-likeness (QED) is 0.848. The summed E-state index contributed by atoms with van der Waals surface area (Å²) in [5.74, 6) is 0.441. The van der Waals surface area contributed by atoms with Crippen LogP contribution in [0, 0.1) is 0 Å². The zero-order valence-electron chi connectivity index (χ0n) is 11.9. The van der Waals surface area contributed by atoms with Crippen molar-refractivity contribution in [3.63, 3.8) is 0 Å². The second kappa shape index (κ2) is 6.83. The molecule has 0 aliphatic carbocycles. The highest BCUT2D eigenvalue weighted by Crippen LogP contribution is 2.35. The van der Waals surface area contributed by atoms with Gasteiger partial charge in [0.25, 0.3) is 0 Å². The van der Waals surface area contributed by atoms with Gasteiger partial charge >= 0.3 is 0 Å². The summed E-state index contributed by atoms with van der Waals surface area (Å²) in [5, 5.41) is 3.46. The van der Waals surface area contributed by atoms with E-state index < -0.39 is 10.0 Å². The van der Waals surface area contributed by atoms with E-state index >= 15 is 0 Å². The molecule has 0 bridgehead atoms. The molecule has 1 aliphatic heterocycles. The summed E-state index contributed by atoms with van der Waals surface area (Å²) in [6, 6.07) is 3.39. The van der Waals surface area contributed by atoms with Gasteiger partial charge in [-0.25, -0.2) is 8.42 Å². The van der Waals surface area contributed by atoms with Crippen LogP contribution in [0.1, 0.15) is 12.8 Å². The second-order valence-corrected chi connectivity index (χ2v) is 8.05. The lowest BCUT2D eigenvalue weighted by atomic mass is 10.1. The van der Waals surface area contributed by atoms with Crippen LogP contribution in [0.3, 0.4) is 0 Å². The highest BCUT2D eigenvalue weighted by Gasteiger charge is 2.31. The topological polar surface area (TPSA) is 58.6 Å². The van der Waals surface area contributed by atoms with Crippen LogP contribution in [0.5, 0.6) is 5.75 Å². The molecule has 2 rings (SSSR count). The summed E-state index contributed by atoms with van der Waals surface area (Å²) in [4.78, 5) is 0.177. The Bertz CT molecular complexity index is 616. The fourth-order valence-electron chi connectivity index (χ4n) is 2.39. The number of benzene rings is 1. The van der Waals surface area contributed by atoms with Gasteiger partial charge in [-0.15, -0.1) is 0 Å². The molecule has 118 valence electrons. The van der Waals surface area contributed by atoms with Crippen molar-refractivity contribution in [2.24, 2.45) is 0 Å². The fraction of sp³-hybridized carbons (Fsp3) is 0.538. The van der Waals surface area contributed by atoms with E-state index in [4.69, 9.17) is 16.3 Å². The van der Waals surface area contributed by atoms with E-state index in [9.17, 15) is 8.42 Å². The maximum Gasteiger partial charge on any atom is 0.244 e. The van der Waals surface area contributed by atoms with Crippen LogP contribution in [0.2, 0.25) is 5.02 Å². The van der Waals surface area contributed by atoms with E-state index in [2.05, 4.69) is 21.2 Å². The molecule has 21 heavy (non-hydrogen) atoms. The van der Waals surface area contributed by atoms with Gasteiger partial charge in [0, 0.05) is 23.6 Å². The van der Waals surface area contributed by atoms with E-state index in [-0.39, 0.29) is 9.92 Å². The average Bonchev–Trinajstić information content (AvgIpc) is 2.49. The molecule has 0 saturated carbocycles. The summed E-state index contributed by atoms with van der Waals surface area (Å²) in [7, 11) is -0.165. The first-order valence-electron chi connectivity index (χ1n) is 6.60. The van der Waals surface area contributed by atoms with E-state index in [1.807, 2.05) is 7.05 Å². The smallest absolute Gasteiger partial charge is 0.244 e. The number of ether oxygens (including phenoxy) is 1. The predicted octanol–water partition coefficient (Wildman–Crippen LogP) is 2.48. The van der Waals surface area contributed by atoms with Crippen LogP contribution in [-0.4, -0.2) is 46.0 Å². The molecule has 1 fully saturated rings. The summed E-state index contributed by atoms with van der Waals surface area (Å²) in [5.41, 5.74) is 0. The number of rotatable bonds is 4. The van der Waals surface area contributed by atoms with Crippen molar-refractivity contribution in [3.05, 3.63) is 21.6 Å². The van der Waals surface area contributed by atoms with Gasteiger partial charge in [-0.1, -0.05) is 11.6 Å². The van der Waals surface area contributed by atoms with Gasteiger partial charge in [0.1, 0.15) is 5.75 Å². The number of hydrogen-bond donors (Lipinski definition) is 1. The number of methoxy groups -OCH3 is 1. The lowest BCUT2D eigenvalue weighted by Crippen LogP contribution is -2.43. The highest BCUT2D eigenvalue weighted by atomic mass is 79.9. The van der Waals surface area contributed by atoms with E-state index in [1.165, 1.54) is 17.5 Å². The number of piperidine rings is 1. The van der Waals surface area contributed by atoms with Gasteiger partial charge < -0.3 is 10.1 Å². The van der Waals surface area contributed by atoms with Crippen molar-refractivity contribution in [2.45, 2.75) is 23.8 Å². The fourth-order valence-corrected chi connectivity index (χ4v) is 5.17. The Kier molecular flexibility index (Phi) is 5.54. The van der Waals surface area contributed by atoms with Gasteiger partial charge in [-0.05, 0) is 48.0 Å². The van der Waals surface area contributed by atoms with Gasteiger partial charge in [-0.2, -0.15) is 4.31 Å². The molecule has 0 unspecified atom stereocenters. The van der Waals surface area contributed by atoms with Gasteiger partial charge in [0.2, 0.25) is 10.0 Å². The third-order valence-corrected chi connectivity index (χ3v) is 6.84. The Morgan fingerprint density at radius 2 is 2.00 bits per heavy atom. The van der Waals surface area contributed by atoms with Crippen molar-refractivity contribution in [1.29, 1.82) is 0 Å². The van der Waals surface area contributed by atoms with Gasteiger partial charge in [-0.3, -0.25) is 0 Å². The van der Waals surface area contributed by atoms with E-state index in [1.54, 1.807) is 6.07 Å². The molecule has 1 aliphatic rings. The van der Waals surface area contributed by atoms with Crippen LogP contribution in [0.15, 0.2) is 21.5 Å². The Morgan fingerprint density at radius 3 is 2.52 bits per heavy atom. The predicted molar refractivity (Wildman–Crippen MR) is 86.5 cm³/mol. The Hall–Kier alpha value is -0.340. The van der Waals surface area contributed by atoms with Gasteiger partial charge in [0.15, 0.2) is 0 Å². The monoisotopic (exact) mass is 396 g/mol. The summed E-state index contributed by atoms with van der Waals surface area (Å²) in [6.45, 7) is 1.01. The minimum atomic E-state index is -3.55.